The van der Waals surface area contributed by atoms with Crippen LogP contribution >= 0.6 is 0 Å². The lowest BCUT2D eigenvalue weighted by Gasteiger charge is -2.19. The van der Waals surface area contributed by atoms with Gasteiger partial charge < -0.3 is 15.4 Å². The summed E-state index contributed by atoms with van der Waals surface area (Å²) in [5, 5.41) is 5.68. The number of ether oxygens (including phenoxy) is 1. The molecule has 0 aromatic carbocycles. The predicted octanol–water partition coefficient (Wildman–Crippen LogP) is 2.12. The first-order valence-corrected chi connectivity index (χ1v) is 7.05. The number of alkyl halides is 3. The molecule has 2 rings (SSSR count). The van der Waals surface area contributed by atoms with Crippen molar-refractivity contribution in [3.63, 3.8) is 0 Å². The summed E-state index contributed by atoms with van der Waals surface area (Å²) in [6.07, 6.45) is -2.14. The van der Waals surface area contributed by atoms with Crippen molar-refractivity contribution in [2.24, 2.45) is 5.41 Å². The van der Waals surface area contributed by atoms with Crippen molar-refractivity contribution in [3.05, 3.63) is 23.9 Å². The van der Waals surface area contributed by atoms with E-state index in [0.29, 0.717) is 29.7 Å². The monoisotopic (exact) mass is 357 g/mol. The van der Waals surface area contributed by atoms with Gasteiger partial charge in [0.25, 0.3) is 0 Å². The number of nitrogens with zero attached hydrogens (tertiary/aromatic N) is 1. The van der Waals surface area contributed by atoms with Crippen molar-refractivity contribution in [2.75, 3.05) is 17.2 Å². The minimum absolute atomic E-state index is 0.219. The van der Waals surface area contributed by atoms with Gasteiger partial charge in [-0.3, -0.25) is 4.79 Å². The average Bonchev–Trinajstić information content (AvgIpc) is 2.61. The van der Waals surface area contributed by atoms with Gasteiger partial charge in [0, 0.05) is 18.8 Å². The van der Waals surface area contributed by atoms with Crippen LogP contribution in [0.15, 0.2) is 18.3 Å². The van der Waals surface area contributed by atoms with Crippen LogP contribution in [0.3, 0.4) is 0 Å². The van der Waals surface area contributed by atoms with E-state index in [1.165, 1.54) is 6.20 Å². The first-order chi connectivity index (χ1) is 11.5. The van der Waals surface area contributed by atoms with E-state index in [4.69, 9.17) is 0 Å². The number of halogens is 3. The number of fused-ring (bicyclic) bond motifs is 1. The van der Waals surface area contributed by atoms with Crippen molar-refractivity contribution < 1.29 is 32.3 Å². The van der Waals surface area contributed by atoms with E-state index in [-0.39, 0.29) is 5.91 Å². The SMILES string of the molecule is CC1(C)CNc2cc(/C=C/C(=O)OC(=O)C(F)(F)F)cnc2NC1=O. The number of pyridine rings is 1. The third-order valence-electron chi connectivity index (χ3n) is 3.31. The number of rotatable bonds is 2. The number of esters is 2. The van der Waals surface area contributed by atoms with Gasteiger partial charge in [0.15, 0.2) is 5.82 Å². The van der Waals surface area contributed by atoms with Crippen LogP contribution in [0.25, 0.3) is 6.08 Å². The Morgan fingerprint density at radius 1 is 1.36 bits per heavy atom. The molecule has 0 bridgehead atoms. The molecule has 1 aromatic rings. The fourth-order valence-corrected chi connectivity index (χ4v) is 1.83. The average molecular weight is 357 g/mol. The van der Waals surface area contributed by atoms with Crippen LogP contribution in [0.1, 0.15) is 19.4 Å². The third kappa shape index (κ3) is 4.55. The van der Waals surface area contributed by atoms with E-state index in [1.807, 2.05) is 0 Å². The maximum Gasteiger partial charge on any atom is 0.491 e. The standard InChI is InChI=1S/C15H14F3N3O4/c1-14(2)7-20-9-5-8(6-19-11(9)21-12(14)23)3-4-10(22)25-13(24)15(16,17)18/h3-6,20H,7H2,1-2H3,(H,19,21,23)/b4-3+. The number of carbonyl (C=O) groups is 3. The van der Waals surface area contributed by atoms with Gasteiger partial charge in [0.05, 0.1) is 11.1 Å². The number of nitrogens with one attached hydrogen (secondary N) is 2. The predicted molar refractivity (Wildman–Crippen MR) is 81.3 cm³/mol. The molecule has 0 unspecified atom stereocenters. The molecule has 1 aromatic heterocycles. The second-order valence-corrected chi connectivity index (χ2v) is 5.90. The first kappa shape index (κ1) is 18.4. The maximum absolute atomic E-state index is 12.0. The number of anilines is 2. The molecular formula is C15H14F3N3O4. The van der Waals surface area contributed by atoms with Crippen LogP contribution in [0.2, 0.25) is 0 Å². The van der Waals surface area contributed by atoms with Crippen LogP contribution in [-0.2, 0) is 19.1 Å². The molecular weight excluding hydrogens is 343 g/mol. The molecule has 0 saturated heterocycles. The van der Waals surface area contributed by atoms with Crippen LogP contribution < -0.4 is 10.6 Å². The summed E-state index contributed by atoms with van der Waals surface area (Å²) < 4.78 is 39.6. The van der Waals surface area contributed by atoms with Gasteiger partial charge in [-0.15, -0.1) is 0 Å². The number of hydrogen-bond acceptors (Lipinski definition) is 6. The Hall–Kier alpha value is -2.91. The molecule has 7 nitrogen and oxygen atoms in total. The summed E-state index contributed by atoms with van der Waals surface area (Å²) in [5.41, 5.74) is 0.177. The Bertz CT molecular complexity index is 757. The minimum atomic E-state index is -5.25. The normalized spacial score (nSPS) is 16.4. The Labute approximate surface area is 140 Å². The largest absolute Gasteiger partial charge is 0.491 e. The second-order valence-electron chi connectivity index (χ2n) is 5.90. The van der Waals surface area contributed by atoms with Crippen LogP contribution in [0, 0.1) is 5.41 Å². The summed E-state index contributed by atoms with van der Waals surface area (Å²) in [7, 11) is 0. The summed E-state index contributed by atoms with van der Waals surface area (Å²) in [6.45, 7) is 3.83. The van der Waals surface area contributed by atoms with Crippen molar-refractivity contribution in [2.45, 2.75) is 20.0 Å². The van der Waals surface area contributed by atoms with Gasteiger partial charge in [-0.2, -0.15) is 13.2 Å². The van der Waals surface area contributed by atoms with Gasteiger partial charge >= 0.3 is 18.1 Å². The second kappa shape index (κ2) is 6.54. The molecule has 0 radical (unpaired) electrons. The molecule has 10 heteroatoms. The highest BCUT2D eigenvalue weighted by molar-refractivity contribution is 5.99. The van der Waals surface area contributed by atoms with Crippen LogP contribution in [-0.4, -0.2) is 35.6 Å². The molecule has 1 aliphatic rings. The Morgan fingerprint density at radius 3 is 2.68 bits per heavy atom. The van der Waals surface area contributed by atoms with Crippen molar-refractivity contribution >= 4 is 35.4 Å². The highest BCUT2D eigenvalue weighted by Crippen LogP contribution is 2.29. The Balaban J connectivity index is 2.10. The fraction of sp³-hybridized carbons (Fsp3) is 0.333. The zero-order valence-electron chi connectivity index (χ0n) is 13.2. The number of carbonyl (C=O) groups excluding carboxylic acids is 3. The van der Waals surface area contributed by atoms with Crippen LogP contribution in [0.5, 0.6) is 0 Å². The molecule has 25 heavy (non-hydrogen) atoms. The number of amides is 1. The van der Waals surface area contributed by atoms with E-state index >= 15 is 0 Å². The van der Waals surface area contributed by atoms with E-state index < -0.39 is 23.5 Å². The number of aromatic nitrogens is 1. The molecule has 1 amide bonds. The topological polar surface area (TPSA) is 97.4 Å². The lowest BCUT2D eigenvalue weighted by molar-refractivity contribution is -0.200. The highest BCUT2D eigenvalue weighted by Gasteiger charge is 2.42. The Morgan fingerprint density at radius 2 is 2.04 bits per heavy atom. The van der Waals surface area contributed by atoms with Crippen molar-refractivity contribution in [3.8, 4) is 0 Å². The third-order valence-corrected chi connectivity index (χ3v) is 3.31. The first-order valence-electron chi connectivity index (χ1n) is 7.05. The summed E-state index contributed by atoms with van der Waals surface area (Å²) in [6, 6.07) is 1.54. The van der Waals surface area contributed by atoms with E-state index in [1.54, 1.807) is 19.9 Å². The lowest BCUT2D eigenvalue weighted by atomic mass is 9.93. The summed E-state index contributed by atoms with van der Waals surface area (Å²) in [4.78, 5) is 37.8. The van der Waals surface area contributed by atoms with Gasteiger partial charge in [-0.25, -0.2) is 14.6 Å². The highest BCUT2D eigenvalue weighted by atomic mass is 19.4. The molecule has 0 fully saturated rings. The Kier molecular flexibility index (Phi) is 4.82. The molecule has 134 valence electrons. The van der Waals surface area contributed by atoms with Gasteiger partial charge in [0.2, 0.25) is 5.91 Å². The van der Waals surface area contributed by atoms with Gasteiger partial charge in [0.1, 0.15) is 0 Å². The zero-order chi connectivity index (χ0) is 18.8. The molecule has 2 N–H and O–H groups in total. The van der Waals surface area contributed by atoms with E-state index in [2.05, 4.69) is 20.4 Å². The lowest BCUT2D eigenvalue weighted by Crippen LogP contribution is -2.34. The van der Waals surface area contributed by atoms with Crippen molar-refractivity contribution in [1.82, 2.24) is 4.98 Å². The summed E-state index contributed by atoms with van der Waals surface area (Å²) in [5.74, 6) is -3.97. The number of hydrogen-bond donors (Lipinski definition) is 2. The fourth-order valence-electron chi connectivity index (χ4n) is 1.83. The maximum atomic E-state index is 12.0. The van der Waals surface area contributed by atoms with Gasteiger partial charge in [-0.05, 0) is 31.6 Å². The summed E-state index contributed by atoms with van der Waals surface area (Å²) >= 11 is 0. The molecule has 0 aliphatic carbocycles. The zero-order valence-corrected chi connectivity index (χ0v) is 13.2. The van der Waals surface area contributed by atoms with Gasteiger partial charge in [-0.1, -0.05) is 0 Å². The minimum Gasteiger partial charge on any atom is -0.383 e. The van der Waals surface area contributed by atoms with E-state index in [9.17, 15) is 27.6 Å². The smallest absolute Gasteiger partial charge is 0.383 e. The van der Waals surface area contributed by atoms with Crippen LogP contribution in [0.4, 0.5) is 24.7 Å². The quantitative estimate of drug-likeness (QED) is 0.478. The molecule has 0 atom stereocenters. The molecule has 2 heterocycles. The molecule has 0 saturated carbocycles. The molecule has 1 aliphatic heterocycles. The molecule has 0 spiro atoms. The van der Waals surface area contributed by atoms with E-state index in [0.717, 1.165) is 6.08 Å². The van der Waals surface area contributed by atoms with Crippen molar-refractivity contribution in [1.29, 1.82) is 0 Å².